The zero-order chi connectivity index (χ0) is 17.4. The Morgan fingerprint density at radius 2 is 2.00 bits per heavy atom. The van der Waals surface area contributed by atoms with Crippen LogP contribution in [0.1, 0.15) is 28.5 Å². The highest BCUT2D eigenvalue weighted by atomic mass is 35.5. The number of hydrogen-bond donors (Lipinski definition) is 2. The summed E-state index contributed by atoms with van der Waals surface area (Å²) in [5, 5.41) is 10.7. The average molecular weight is 356 g/mol. The molecule has 0 saturated heterocycles. The number of aromatic amines is 1. The van der Waals surface area contributed by atoms with Gasteiger partial charge in [0.2, 0.25) is 0 Å². The number of rotatable bonds is 2. The molecular weight excluding hydrogens is 342 g/mol. The molecule has 2 N–H and O–H groups in total. The lowest BCUT2D eigenvalue weighted by Gasteiger charge is -2.27. The van der Waals surface area contributed by atoms with Crippen LogP contribution in [0.3, 0.4) is 0 Å². The van der Waals surface area contributed by atoms with Gasteiger partial charge in [0.25, 0.3) is 11.5 Å². The van der Waals surface area contributed by atoms with E-state index in [0.29, 0.717) is 34.6 Å². The highest BCUT2D eigenvalue weighted by molar-refractivity contribution is 6.32. The Bertz CT molecular complexity index is 1030. The largest absolute Gasteiger partial charge is 0.492 e. The molecule has 7 heteroatoms. The molecule has 1 aliphatic heterocycles. The summed E-state index contributed by atoms with van der Waals surface area (Å²) in [5.41, 5.74) is 0.696. The summed E-state index contributed by atoms with van der Waals surface area (Å²) >= 11 is 6.17. The topological polar surface area (TPSA) is 84.1 Å². The summed E-state index contributed by atoms with van der Waals surface area (Å²) in [5.74, 6) is 0.241. The lowest BCUT2D eigenvalue weighted by atomic mass is 10.00. The van der Waals surface area contributed by atoms with E-state index in [1.165, 1.54) is 0 Å². The van der Waals surface area contributed by atoms with Gasteiger partial charge in [-0.15, -0.1) is 0 Å². The van der Waals surface area contributed by atoms with Gasteiger partial charge in [-0.2, -0.15) is 5.10 Å². The Morgan fingerprint density at radius 3 is 2.84 bits per heavy atom. The normalized spacial score (nSPS) is 16.1. The SMILES string of the molecule is O=C(NC1CCOc2c(Cl)cccc21)c1n[nH]c(=O)c2ccccc12. The molecule has 4 rings (SSSR count). The lowest BCUT2D eigenvalue weighted by Crippen LogP contribution is -2.33. The first kappa shape index (κ1) is 15.7. The number of benzene rings is 2. The molecule has 0 aliphatic carbocycles. The molecule has 126 valence electrons. The molecule has 0 bridgehead atoms. The maximum absolute atomic E-state index is 12.8. The molecule has 1 aromatic heterocycles. The highest BCUT2D eigenvalue weighted by Crippen LogP contribution is 2.37. The Labute approximate surface area is 147 Å². The van der Waals surface area contributed by atoms with Gasteiger partial charge < -0.3 is 10.1 Å². The Morgan fingerprint density at radius 1 is 1.20 bits per heavy atom. The van der Waals surface area contributed by atoms with E-state index < -0.39 is 0 Å². The number of nitrogens with zero attached hydrogens (tertiary/aromatic N) is 1. The number of nitrogens with one attached hydrogen (secondary N) is 2. The van der Waals surface area contributed by atoms with Gasteiger partial charge >= 0.3 is 0 Å². The standard InChI is InChI=1S/C18H14ClN3O3/c19-13-7-3-6-12-14(8-9-25-16(12)13)20-18(24)15-10-4-1-2-5-11(10)17(23)22-21-15/h1-7,14H,8-9H2,(H,20,24)(H,22,23). The number of carbonyl (C=O) groups is 1. The number of H-pyrrole nitrogens is 1. The molecule has 2 aromatic carbocycles. The van der Waals surface area contributed by atoms with Crippen molar-refractivity contribution in [2.24, 2.45) is 0 Å². The summed E-state index contributed by atoms with van der Waals surface area (Å²) in [6.45, 7) is 0.460. The Kier molecular flexibility index (Phi) is 3.89. The van der Waals surface area contributed by atoms with E-state index >= 15 is 0 Å². The van der Waals surface area contributed by atoms with Crippen LogP contribution in [0.4, 0.5) is 0 Å². The number of carbonyl (C=O) groups excluding carboxylic acids is 1. The van der Waals surface area contributed by atoms with Crippen LogP contribution in [0.25, 0.3) is 10.8 Å². The molecule has 6 nitrogen and oxygen atoms in total. The quantitative estimate of drug-likeness (QED) is 0.740. The Hall–Kier alpha value is -2.86. The predicted molar refractivity (Wildman–Crippen MR) is 94.1 cm³/mol. The second-order valence-electron chi connectivity index (χ2n) is 5.77. The third-order valence-corrected chi connectivity index (χ3v) is 4.54. The summed E-state index contributed by atoms with van der Waals surface area (Å²) < 4.78 is 5.61. The van der Waals surface area contributed by atoms with Crippen molar-refractivity contribution < 1.29 is 9.53 Å². The van der Waals surface area contributed by atoms with Gasteiger partial charge in [-0.3, -0.25) is 9.59 Å². The molecule has 0 spiro atoms. The van der Waals surface area contributed by atoms with E-state index in [0.717, 1.165) is 5.56 Å². The summed E-state index contributed by atoms with van der Waals surface area (Å²) in [4.78, 5) is 24.6. The average Bonchev–Trinajstić information content (AvgIpc) is 2.63. The van der Waals surface area contributed by atoms with E-state index in [-0.39, 0.29) is 23.2 Å². The maximum Gasteiger partial charge on any atom is 0.272 e. The van der Waals surface area contributed by atoms with Crippen LogP contribution >= 0.6 is 11.6 Å². The van der Waals surface area contributed by atoms with Crippen LogP contribution < -0.4 is 15.6 Å². The van der Waals surface area contributed by atoms with Crippen molar-refractivity contribution in [3.8, 4) is 5.75 Å². The van der Waals surface area contributed by atoms with Gasteiger partial charge in [0.05, 0.1) is 23.1 Å². The highest BCUT2D eigenvalue weighted by Gasteiger charge is 2.26. The van der Waals surface area contributed by atoms with Gasteiger partial charge in [-0.05, 0) is 12.1 Å². The number of aromatic nitrogens is 2. The van der Waals surface area contributed by atoms with Crippen LogP contribution in [0.15, 0.2) is 47.3 Å². The number of amides is 1. The van der Waals surface area contributed by atoms with Gasteiger partial charge in [0.1, 0.15) is 5.75 Å². The van der Waals surface area contributed by atoms with Gasteiger partial charge in [-0.1, -0.05) is 41.9 Å². The fourth-order valence-corrected chi connectivity index (χ4v) is 3.29. The zero-order valence-electron chi connectivity index (χ0n) is 13.1. The van der Waals surface area contributed by atoms with Crippen molar-refractivity contribution in [1.82, 2.24) is 15.5 Å². The van der Waals surface area contributed by atoms with Crippen molar-refractivity contribution in [1.29, 1.82) is 0 Å². The van der Waals surface area contributed by atoms with Crippen LogP contribution in [-0.2, 0) is 0 Å². The van der Waals surface area contributed by atoms with Crippen LogP contribution in [0.5, 0.6) is 5.75 Å². The minimum Gasteiger partial charge on any atom is -0.492 e. The zero-order valence-corrected chi connectivity index (χ0v) is 13.8. The molecule has 0 radical (unpaired) electrons. The van der Waals surface area contributed by atoms with E-state index in [9.17, 15) is 9.59 Å². The van der Waals surface area contributed by atoms with Crippen molar-refractivity contribution in [3.05, 3.63) is 69.1 Å². The van der Waals surface area contributed by atoms with Gasteiger partial charge in [0, 0.05) is 17.4 Å². The molecule has 0 saturated carbocycles. The number of ether oxygens (including phenoxy) is 1. The first-order valence-corrected chi connectivity index (χ1v) is 8.22. The molecule has 1 atom stereocenters. The summed E-state index contributed by atoms with van der Waals surface area (Å²) in [7, 11) is 0. The van der Waals surface area contributed by atoms with E-state index in [4.69, 9.17) is 16.3 Å². The minimum absolute atomic E-state index is 0.185. The van der Waals surface area contributed by atoms with Gasteiger partial charge in [-0.25, -0.2) is 5.10 Å². The molecule has 1 amide bonds. The molecule has 1 aliphatic rings. The molecule has 1 unspecified atom stereocenters. The number of para-hydroxylation sites is 1. The molecule has 25 heavy (non-hydrogen) atoms. The third kappa shape index (κ3) is 2.74. The fraction of sp³-hybridized carbons (Fsp3) is 0.167. The van der Waals surface area contributed by atoms with Crippen molar-refractivity contribution >= 4 is 28.3 Å². The van der Waals surface area contributed by atoms with Gasteiger partial charge in [0.15, 0.2) is 5.69 Å². The van der Waals surface area contributed by atoms with Crippen molar-refractivity contribution in [3.63, 3.8) is 0 Å². The van der Waals surface area contributed by atoms with Crippen LogP contribution in [0, 0.1) is 0 Å². The number of hydrogen-bond acceptors (Lipinski definition) is 4. The van der Waals surface area contributed by atoms with Crippen molar-refractivity contribution in [2.45, 2.75) is 12.5 Å². The lowest BCUT2D eigenvalue weighted by molar-refractivity contribution is 0.0920. The molecule has 0 fully saturated rings. The first-order valence-electron chi connectivity index (χ1n) is 7.84. The number of halogens is 1. The van der Waals surface area contributed by atoms with E-state index in [1.54, 1.807) is 30.3 Å². The fourth-order valence-electron chi connectivity index (χ4n) is 3.05. The van der Waals surface area contributed by atoms with Crippen LogP contribution in [-0.4, -0.2) is 22.7 Å². The second-order valence-corrected chi connectivity index (χ2v) is 6.18. The molecule has 3 aromatic rings. The molecular formula is C18H14ClN3O3. The number of fused-ring (bicyclic) bond motifs is 2. The molecule has 2 heterocycles. The van der Waals surface area contributed by atoms with E-state index in [2.05, 4.69) is 15.5 Å². The summed E-state index contributed by atoms with van der Waals surface area (Å²) in [6, 6.07) is 12.1. The van der Waals surface area contributed by atoms with Crippen LogP contribution in [0.2, 0.25) is 5.02 Å². The summed E-state index contributed by atoms with van der Waals surface area (Å²) in [6.07, 6.45) is 0.625. The third-order valence-electron chi connectivity index (χ3n) is 4.24. The smallest absolute Gasteiger partial charge is 0.272 e. The minimum atomic E-state index is -0.356. The first-order chi connectivity index (χ1) is 12.1. The second kappa shape index (κ2) is 6.22. The predicted octanol–water partition coefficient (Wildman–Crippen LogP) is 2.83. The van der Waals surface area contributed by atoms with Crippen molar-refractivity contribution in [2.75, 3.05) is 6.61 Å². The Balaban J connectivity index is 1.70. The monoisotopic (exact) mass is 355 g/mol. The van der Waals surface area contributed by atoms with E-state index in [1.807, 2.05) is 12.1 Å². The maximum atomic E-state index is 12.8.